The summed E-state index contributed by atoms with van der Waals surface area (Å²) in [6, 6.07) is 4.93. The molecule has 7 heterocycles. The average molecular weight is 668 g/mol. The standard InChI is InChI=1S/C32H29ClF3N7O2S/c33-25-23(22-17(35)3-5-20-21(22)16(9-37)29(38)46-20)26(36)27-24-28(25)44-12-19-18-4-2-15(39-18)11-43(19)30(24)41-31(40-27)45-13-32-6-1-7-42(32)10-14(34)8-32/h3,5,14-15,18-19,39H,1-2,4,6-8,10-13,38H2/t14-,15+,18-,19+,32+/m1/s1. The molecule has 0 radical (unpaired) electrons. The first-order valence-electron chi connectivity index (χ1n) is 15.6. The summed E-state index contributed by atoms with van der Waals surface area (Å²) in [6.07, 6.45) is 3.09. The molecule has 5 aliphatic heterocycles. The minimum absolute atomic E-state index is 0.0478. The molecule has 0 saturated carbocycles. The van der Waals surface area contributed by atoms with Crippen LogP contribution < -0.4 is 25.4 Å². The minimum atomic E-state index is -0.938. The lowest BCUT2D eigenvalue weighted by molar-refractivity contribution is 0.107. The zero-order valence-electron chi connectivity index (χ0n) is 24.6. The van der Waals surface area contributed by atoms with E-state index in [0.717, 1.165) is 43.6 Å². The Morgan fingerprint density at radius 3 is 2.93 bits per heavy atom. The van der Waals surface area contributed by atoms with Crippen molar-refractivity contribution in [2.45, 2.75) is 61.9 Å². The first-order valence-corrected chi connectivity index (χ1v) is 16.8. The van der Waals surface area contributed by atoms with Crippen LogP contribution in [0, 0.1) is 23.0 Å². The summed E-state index contributed by atoms with van der Waals surface area (Å²) in [5.74, 6) is -1.07. The number of anilines is 2. The summed E-state index contributed by atoms with van der Waals surface area (Å²) in [4.78, 5) is 13.7. The molecule has 0 unspecified atom stereocenters. The smallest absolute Gasteiger partial charge is 0.319 e. The zero-order valence-corrected chi connectivity index (χ0v) is 26.2. The van der Waals surface area contributed by atoms with Gasteiger partial charge in [0.15, 0.2) is 11.6 Å². The molecule has 3 N–H and O–H groups in total. The van der Waals surface area contributed by atoms with Gasteiger partial charge in [-0.25, -0.2) is 13.2 Å². The van der Waals surface area contributed by atoms with Crippen LogP contribution in [0.5, 0.6) is 11.8 Å². The molecular formula is C32H29ClF3N7O2S. The summed E-state index contributed by atoms with van der Waals surface area (Å²) in [5.41, 5.74) is 5.12. The molecule has 0 spiro atoms. The molecule has 5 aliphatic rings. The van der Waals surface area contributed by atoms with Crippen molar-refractivity contribution in [3.63, 3.8) is 0 Å². The van der Waals surface area contributed by atoms with Gasteiger partial charge in [0.25, 0.3) is 0 Å². The highest BCUT2D eigenvalue weighted by molar-refractivity contribution is 7.23. The van der Waals surface area contributed by atoms with Crippen LogP contribution in [0.4, 0.5) is 24.0 Å². The molecule has 238 valence electrons. The molecule has 9 nitrogen and oxygen atoms in total. The molecule has 2 aromatic carbocycles. The van der Waals surface area contributed by atoms with Gasteiger partial charge in [-0.1, -0.05) is 11.6 Å². The predicted octanol–water partition coefficient (Wildman–Crippen LogP) is 5.55. The van der Waals surface area contributed by atoms with Crippen LogP contribution in [0.1, 0.15) is 37.7 Å². The summed E-state index contributed by atoms with van der Waals surface area (Å²) in [6.45, 7) is 2.17. The van der Waals surface area contributed by atoms with Gasteiger partial charge in [0.05, 0.1) is 27.6 Å². The Hall–Kier alpha value is -3.57. The number of nitriles is 1. The Bertz CT molecular complexity index is 2000. The number of nitrogens with zero attached hydrogens (tertiary/aromatic N) is 5. The van der Waals surface area contributed by atoms with Crippen LogP contribution in [-0.4, -0.2) is 77.6 Å². The lowest BCUT2D eigenvalue weighted by Crippen LogP contribution is -2.60. The average Bonchev–Trinajstić information content (AvgIpc) is 3.75. The Balaban J connectivity index is 1.27. The van der Waals surface area contributed by atoms with Crippen LogP contribution in [-0.2, 0) is 0 Å². The number of aromatic nitrogens is 2. The second kappa shape index (κ2) is 10.2. The Labute approximate surface area is 271 Å². The molecule has 0 amide bonds. The number of alkyl halides is 1. The van der Waals surface area contributed by atoms with Gasteiger partial charge in [-0.2, -0.15) is 15.2 Å². The number of benzene rings is 2. The van der Waals surface area contributed by atoms with E-state index in [1.54, 1.807) is 0 Å². The van der Waals surface area contributed by atoms with Gasteiger partial charge in [0, 0.05) is 52.8 Å². The number of piperazine rings is 1. The third-order valence-corrected chi connectivity index (χ3v) is 11.9. The SMILES string of the molecule is N#Cc1c(N)sc2ccc(F)c(-c3c(Cl)c4c5c(nc(OC[C@@]67CCCN6C[C@H](F)C7)nc5c3F)N3C[C@@H]5CC[C@@H](N5)[C@@H]3CO4)c12. The van der Waals surface area contributed by atoms with Crippen molar-refractivity contribution in [3.05, 3.63) is 34.4 Å². The molecule has 0 aliphatic carbocycles. The highest BCUT2D eigenvalue weighted by atomic mass is 35.5. The van der Waals surface area contributed by atoms with Crippen molar-refractivity contribution < 1.29 is 22.6 Å². The number of nitrogens with one attached hydrogen (secondary N) is 1. The van der Waals surface area contributed by atoms with Gasteiger partial charge >= 0.3 is 6.01 Å². The number of rotatable bonds is 4. The number of fused-ring (bicyclic) bond motifs is 7. The number of thiophene rings is 1. The van der Waals surface area contributed by atoms with Crippen LogP contribution in [0.2, 0.25) is 5.02 Å². The molecule has 14 heteroatoms. The Kier molecular flexibility index (Phi) is 6.36. The maximum Gasteiger partial charge on any atom is 0.319 e. The van der Waals surface area contributed by atoms with Gasteiger partial charge in [0.1, 0.15) is 47.6 Å². The number of hydrogen-bond donors (Lipinski definition) is 2. The molecule has 9 rings (SSSR count). The third-order valence-electron chi connectivity index (χ3n) is 10.6. The first kappa shape index (κ1) is 28.6. The molecular weight excluding hydrogens is 639 g/mol. The Morgan fingerprint density at radius 2 is 2.09 bits per heavy atom. The summed E-state index contributed by atoms with van der Waals surface area (Å²) in [7, 11) is 0. The van der Waals surface area contributed by atoms with E-state index in [1.165, 1.54) is 12.1 Å². The second-order valence-electron chi connectivity index (χ2n) is 13.1. The highest BCUT2D eigenvalue weighted by Gasteiger charge is 2.50. The van der Waals surface area contributed by atoms with Crippen LogP contribution >= 0.6 is 22.9 Å². The van der Waals surface area contributed by atoms with E-state index in [1.807, 2.05) is 6.07 Å². The van der Waals surface area contributed by atoms with Crippen molar-refractivity contribution in [3.8, 4) is 29.0 Å². The fraction of sp³-hybridized carbons (Fsp3) is 0.469. The van der Waals surface area contributed by atoms with Crippen LogP contribution in [0.15, 0.2) is 12.1 Å². The summed E-state index contributed by atoms with van der Waals surface area (Å²) < 4.78 is 60.7. The fourth-order valence-corrected chi connectivity index (χ4v) is 9.81. The molecule has 4 saturated heterocycles. The quantitative estimate of drug-likeness (QED) is 0.289. The number of nitrogens with two attached hydrogens (primary N) is 1. The molecule has 2 bridgehead atoms. The molecule has 46 heavy (non-hydrogen) atoms. The second-order valence-corrected chi connectivity index (χ2v) is 14.5. The largest absolute Gasteiger partial charge is 0.489 e. The topological polar surface area (TPSA) is 113 Å². The van der Waals surface area contributed by atoms with Crippen LogP contribution in [0.25, 0.3) is 32.1 Å². The van der Waals surface area contributed by atoms with E-state index in [2.05, 4.69) is 20.1 Å². The zero-order chi connectivity index (χ0) is 31.5. The van der Waals surface area contributed by atoms with Crippen molar-refractivity contribution in [1.82, 2.24) is 20.2 Å². The molecule has 4 aromatic rings. The van der Waals surface area contributed by atoms with E-state index in [4.69, 9.17) is 31.8 Å². The minimum Gasteiger partial charge on any atom is -0.489 e. The maximum atomic E-state index is 17.1. The van der Waals surface area contributed by atoms with Gasteiger partial charge in [-0.05, 0) is 44.4 Å². The summed E-state index contributed by atoms with van der Waals surface area (Å²) >= 11 is 8.13. The monoisotopic (exact) mass is 667 g/mol. The molecule has 4 fully saturated rings. The van der Waals surface area contributed by atoms with E-state index >= 15 is 8.78 Å². The van der Waals surface area contributed by atoms with E-state index in [0.29, 0.717) is 30.0 Å². The number of ether oxygens (including phenoxy) is 2. The van der Waals surface area contributed by atoms with E-state index in [-0.39, 0.29) is 86.1 Å². The van der Waals surface area contributed by atoms with E-state index in [9.17, 15) is 9.65 Å². The first-order chi connectivity index (χ1) is 22.3. The number of hydrogen-bond acceptors (Lipinski definition) is 10. The summed E-state index contributed by atoms with van der Waals surface area (Å²) in [5, 5.41) is 14.1. The Morgan fingerprint density at radius 1 is 1.22 bits per heavy atom. The highest BCUT2D eigenvalue weighted by Crippen LogP contribution is 2.52. The maximum absolute atomic E-state index is 17.1. The lowest BCUT2D eigenvalue weighted by Gasteiger charge is -2.40. The normalized spacial score (nSPS) is 28.3. The van der Waals surface area contributed by atoms with Crippen molar-refractivity contribution >= 4 is 54.7 Å². The molecule has 2 aromatic heterocycles. The van der Waals surface area contributed by atoms with Crippen LogP contribution in [0.3, 0.4) is 0 Å². The third kappa shape index (κ3) is 4.00. The molecule has 5 atom stereocenters. The van der Waals surface area contributed by atoms with Crippen molar-refractivity contribution in [1.29, 1.82) is 5.26 Å². The van der Waals surface area contributed by atoms with Crippen molar-refractivity contribution in [2.24, 2.45) is 0 Å². The fourth-order valence-electron chi connectivity index (χ4n) is 8.56. The van der Waals surface area contributed by atoms with Crippen molar-refractivity contribution in [2.75, 3.05) is 43.5 Å². The predicted molar refractivity (Wildman–Crippen MR) is 170 cm³/mol. The van der Waals surface area contributed by atoms with Gasteiger partial charge in [0.2, 0.25) is 0 Å². The number of nitrogen functional groups attached to an aromatic ring is 1. The van der Waals surface area contributed by atoms with Gasteiger partial charge < -0.3 is 25.4 Å². The lowest BCUT2D eigenvalue weighted by atomic mass is 9.95. The van der Waals surface area contributed by atoms with Gasteiger partial charge in [-0.3, -0.25) is 4.90 Å². The van der Waals surface area contributed by atoms with E-state index < -0.39 is 23.3 Å². The van der Waals surface area contributed by atoms with Gasteiger partial charge in [-0.15, -0.1) is 11.3 Å². The number of halogens is 4.